The predicted octanol–water partition coefficient (Wildman–Crippen LogP) is 5.76. The first kappa shape index (κ1) is 24.4. The Kier molecular flexibility index (Phi) is 8.57. The van der Waals surface area contributed by atoms with Gasteiger partial charge < -0.3 is 10.1 Å². The number of carbonyl (C=O) groups is 1. The standard InChI is InChI=1S/C24H17BrIN3O4/c25-21-11-18(9-19(13-27)24(30)28-14-16-5-2-1-3-6-16)12-22(26)23(21)33-15-17-7-4-8-20(10-17)29(31)32/h1-12H,14-15H2,(H,28,30)/b19-9-. The summed E-state index contributed by atoms with van der Waals surface area (Å²) in [6.07, 6.45) is 1.51. The van der Waals surface area contributed by atoms with E-state index in [-0.39, 0.29) is 17.9 Å². The fraction of sp³-hybridized carbons (Fsp3) is 0.0833. The lowest BCUT2D eigenvalue weighted by Gasteiger charge is -2.12. The number of nitro groups is 1. The van der Waals surface area contributed by atoms with E-state index in [1.807, 2.05) is 36.4 Å². The molecule has 0 aliphatic heterocycles. The SMILES string of the molecule is N#C/C(=C/c1cc(Br)c(OCc2cccc([N+](=O)[O-])c2)c(I)c1)C(=O)NCc1ccccc1. The molecule has 0 radical (unpaired) electrons. The van der Waals surface area contributed by atoms with Crippen molar-refractivity contribution >= 4 is 56.2 Å². The van der Waals surface area contributed by atoms with Gasteiger partial charge in [0.05, 0.1) is 13.0 Å². The Hall–Kier alpha value is -3.23. The van der Waals surface area contributed by atoms with E-state index < -0.39 is 10.8 Å². The first-order valence-electron chi connectivity index (χ1n) is 9.66. The lowest BCUT2D eigenvalue weighted by Crippen LogP contribution is -2.23. The average molecular weight is 618 g/mol. The summed E-state index contributed by atoms with van der Waals surface area (Å²) in [5.74, 6) is 0.102. The van der Waals surface area contributed by atoms with Crippen LogP contribution in [0.2, 0.25) is 0 Å². The quantitative estimate of drug-likeness (QED) is 0.114. The summed E-state index contributed by atoms with van der Waals surface area (Å²) in [5, 5.41) is 23.1. The normalized spacial score (nSPS) is 10.9. The molecule has 166 valence electrons. The van der Waals surface area contributed by atoms with Gasteiger partial charge >= 0.3 is 0 Å². The van der Waals surface area contributed by atoms with Gasteiger partial charge in [0, 0.05) is 18.7 Å². The third-order valence-electron chi connectivity index (χ3n) is 4.50. The van der Waals surface area contributed by atoms with Gasteiger partial charge in [-0.2, -0.15) is 5.26 Å². The summed E-state index contributed by atoms with van der Waals surface area (Å²) in [7, 11) is 0. The highest BCUT2D eigenvalue weighted by molar-refractivity contribution is 14.1. The van der Waals surface area contributed by atoms with Gasteiger partial charge in [-0.1, -0.05) is 42.5 Å². The number of carbonyl (C=O) groups excluding carboxylic acids is 1. The molecule has 3 aromatic rings. The van der Waals surface area contributed by atoms with Gasteiger partial charge in [0.15, 0.2) is 0 Å². The Labute approximate surface area is 212 Å². The molecule has 0 unspecified atom stereocenters. The number of benzene rings is 3. The molecule has 0 aliphatic rings. The van der Waals surface area contributed by atoms with Gasteiger partial charge in [-0.15, -0.1) is 0 Å². The van der Waals surface area contributed by atoms with Crippen LogP contribution in [0.5, 0.6) is 5.75 Å². The molecule has 0 aliphatic carbocycles. The minimum Gasteiger partial charge on any atom is -0.487 e. The van der Waals surface area contributed by atoms with Gasteiger partial charge in [-0.05, 0) is 73.4 Å². The molecule has 9 heteroatoms. The number of hydrogen-bond acceptors (Lipinski definition) is 5. The molecule has 0 heterocycles. The van der Waals surface area contributed by atoms with Crippen molar-refractivity contribution in [3.05, 3.63) is 107 Å². The maximum atomic E-state index is 12.4. The van der Waals surface area contributed by atoms with E-state index in [9.17, 15) is 20.2 Å². The highest BCUT2D eigenvalue weighted by Gasteiger charge is 2.13. The van der Waals surface area contributed by atoms with Crippen molar-refractivity contribution in [2.75, 3.05) is 0 Å². The maximum Gasteiger partial charge on any atom is 0.269 e. The number of non-ortho nitro benzene ring substituents is 1. The number of hydrogen-bond donors (Lipinski definition) is 1. The number of nitrogens with one attached hydrogen (secondary N) is 1. The van der Waals surface area contributed by atoms with E-state index in [2.05, 4.69) is 43.8 Å². The molecule has 3 aromatic carbocycles. The van der Waals surface area contributed by atoms with Crippen LogP contribution in [-0.2, 0) is 17.9 Å². The van der Waals surface area contributed by atoms with Crippen LogP contribution in [0.1, 0.15) is 16.7 Å². The smallest absolute Gasteiger partial charge is 0.269 e. The second-order valence-electron chi connectivity index (χ2n) is 6.87. The summed E-state index contributed by atoms with van der Waals surface area (Å²) in [6, 6.07) is 21.2. The molecular formula is C24H17BrIN3O4. The molecule has 1 amide bonds. The Bertz CT molecular complexity index is 1230. The second kappa shape index (κ2) is 11.6. The van der Waals surface area contributed by atoms with Crippen LogP contribution in [0.25, 0.3) is 6.08 Å². The maximum absolute atomic E-state index is 12.4. The van der Waals surface area contributed by atoms with E-state index in [0.717, 1.165) is 9.13 Å². The molecule has 0 atom stereocenters. The lowest BCUT2D eigenvalue weighted by atomic mass is 10.1. The number of rotatable bonds is 8. The zero-order valence-corrected chi connectivity index (χ0v) is 20.9. The van der Waals surface area contributed by atoms with Crippen LogP contribution in [-0.4, -0.2) is 10.8 Å². The number of nitro benzene ring substituents is 1. The monoisotopic (exact) mass is 617 g/mol. The second-order valence-corrected chi connectivity index (χ2v) is 8.88. The van der Waals surface area contributed by atoms with E-state index >= 15 is 0 Å². The van der Waals surface area contributed by atoms with Crippen molar-refractivity contribution in [3.8, 4) is 11.8 Å². The van der Waals surface area contributed by atoms with Gasteiger partial charge in [0.25, 0.3) is 11.6 Å². The van der Waals surface area contributed by atoms with Crippen LogP contribution < -0.4 is 10.1 Å². The third kappa shape index (κ3) is 6.87. The highest BCUT2D eigenvalue weighted by atomic mass is 127. The van der Waals surface area contributed by atoms with Crippen LogP contribution in [0, 0.1) is 25.0 Å². The van der Waals surface area contributed by atoms with Crippen molar-refractivity contribution < 1.29 is 14.5 Å². The molecule has 0 bridgehead atoms. The summed E-state index contributed by atoms with van der Waals surface area (Å²) in [5.41, 5.74) is 2.24. The van der Waals surface area contributed by atoms with Crippen molar-refractivity contribution in [2.24, 2.45) is 0 Å². The van der Waals surface area contributed by atoms with Crippen molar-refractivity contribution in [1.29, 1.82) is 5.26 Å². The van der Waals surface area contributed by atoms with Crippen molar-refractivity contribution in [3.63, 3.8) is 0 Å². The van der Waals surface area contributed by atoms with Gasteiger partial charge in [0.2, 0.25) is 0 Å². The van der Waals surface area contributed by atoms with Gasteiger partial charge in [-0.25, -0.2) is 0 Å². The Morgan fingerprint density at radius 2 is 1.88 bits per heavy atom. The van der Waals surface area contributed by atoms with Crippen LogP contribution in [0.3, 0.4) is 0 Å². The summed E-state index contributed by atoms with van der Waals surface area (Å²) >= 11 is 5.56. The largest absolute Gasteiger partial charge is 0.487 e. The molecule has 3 rings (SSSR count). The zero-order valence-electron chi connectivity index (χ0n) is 17.1. The molecule has 7 nitrogen and oxygen atoms in total. The number of amides is 1. The van der Waals surface area contributed by atoms with E-state index in [1.165, 1.54) is 18.2 Å². The van der Waals surface area contributed by atoms with Gasteiger partial charge in [0.1, 0.15) is 24.0 Å². The third-order valence-corrected chi connectivity index (χ3v) is 5.89. The molecule has 0 fully saturated rings. The van der Waals surface area contributed by atoms with E-state index in [1.54, 1.807) is 24.3 Å². The topological polar surface area (TPSA) is 105 Å². The van der Waals surface area contributed by atoms with E-state index in [4.69, 9.17) is 4.74 Å². The van der Waals surface area contributed by atoms with Crippen LogP contribution in [0.15, 0.2) is 76.8 Å². The fourth-order valence-corrected chi connectivity index (χ4v) is 4.67. The van der Waals surface area contributed by atoms with E-state index in [0.29, 0.717) is 27.9 Å². The number of ether oxygens (including phenoxy) is 1. The Balaban J connectivity index is 1.72. The molecule has 0 saturated heterocycles. The number of halogens is 2. The Morgan fingerprint density at radius 3 is 2.55 bits per heavy atom. The fourth-order valence-electron chi connectivity index (χ4n) is 2.90. The predicted molar refractivity (Wildman–Crippen MR) is 136 cm³/mol. The minimum atomic E-state index is -0.460. The van der Waals surface area contributed by atoms with Crippen molar-refractivity contribution in [2.45, 2.75) is 13.2 Å². The van der Waals surface area contributed by atoms with Crippen molar-refractivity contribution in [1.82, 2.24) is 5.32 Å². The summed E-state index contributed by atoms with van der Waals surface area (Å²) in [4.78, 5) is 22.9. The zero-order chi connectivity index (χ0) is 23.8. The molecule has 0 aromatic heterocycles. The van der Waals surface area contributed by atoms with Gasteiger partial charge in [-0.3, -0.25) is 14.9 Å². The Morgan fingerprint density at radius 1 is 1.15 bits per heavy atom. The summed E-state index contributed by atoms with van der Waals surface area (Å²) < 4.78 is 7.25. The molecule has 0 spiro atoms. The number of nitrogens with zero attached hydrogens (tertiary/aromatic N) is 2. The minimum absolute atomic E-state index is 0.0000726. The highest BCUT2D eigenvalue weighted by Crippen LogP contribution is 2.33. The lowest BCUT2D eigenvalue weighted by molar-refractivity contribution is -0.384. The van der Waals surface area contributed by atoms with Crippen LogP contribution in [0.4, 0.5) is 5.69 Å². The van der Waals surface area contributed by atoms with Crippen LogP contribution >= 0.6 is 38.5 Å². The molecule has 33 heavy (non-hydrogen) atoms. The molecule has 0 saturated carbocycles. The number of nitriles is 1. The first-order chi connectivity index (χ1) is 15.9. The first-order valence-corrected chi connectivity index (χ1v) is 11.5. The molecule has 1 N–H and O–H groups in total. The molecular weight excluding hydrogens is 601 g/mol. The average Bonchev–Trinajstić information content (AvgIpc) is 2.81. The summed E-state index contributed by atoms with van der Waals surface area (Å²) in [6.45, 7) is 0.473.